The van der Waals surface area contributed by atoms with Gasteiger partial charge in [-0.25, -0.2) is 5.43 Å². The molecule has 3 rings (SSSR count). The number of carbonyl (C=O) groups is 1. The van der Waals surface area contributed by atoms with E-state index in [2.05, 4.69) is 16.3 Å². The molecule has 88 valence electrons. The zero-order chi connectivity index (χ0) is 11.8. The predicted octanol–water partition coefficient (Wildman–Crippen LogP) is 0.226. The van der Waals surface area contributed by atoms with Gasteiger partial charge in [0.2, 0.25) is 5.11 Å². The van der Waals surface area contributed by atoms with Gasteiger partial charge in [-0.15, -0.1) is 0 Å². The van der Waals surface area contributed by atoms with E-state index in [1.807, 2.05) is 30.3 Å². The molecule has 3 N–H and O–H groups in total. The molecule has 2 aliphatic heterocycles. The number of rotatable bonds is 1. The van der Waals surface area contributed by atoms with Crippen LogP contribution in [0.4, 0.5) is 0 Å². The lowest BCUT2D eigenvalue weighted by atomic mass is 10.0. The molecule has 2 aliphatic rings. The molecule has 1 amide bonds. The van der Waals surface area contributed by atoms with Gasteiger partial charge in [-0.05, 0) is 24.2 Å². The summed E-state index contributed by atoms with van der Waals surface area (Å²) in [5.41, 5.74) is 9.66. The quantitative estimate of drug-likeness (QED) is 0.621. The van der Waals surface area contributed by atoms with Crippen molar-refractivity contribution in [2.45, 2.75) is 18.5 Å². The second kappa shape index (κ2) is 3.97. The number of nitrogens with one attached hydrogen (secondary N) is 3. The summed E-state index contributed by atoms with van der Waals surface area (Å²) in [5, 5.41) is 2.24. The van der Waals surface area contributed by atoms with Crippen molar-refractivity contribution in [1.82, 2.24) is 21.3 Å². The van der Waals surface area contributed by atoms with E-state index < -0.39 is 0 Å². The molecular formula is C11H12N4OS. The lowest BCUT2D eigenvalue weighted by molar-refractivity contribution is -0.126. The van der Waals surface area contributed by atoms with Crippen molar-refractivity contribution in [3.63, 3.8) is 0 Å². The Labute approximate surface area is 104 Å². The summed E-state index contributed by atoms with van der Waals surface area (Å²) < 4.78 is 0. The van der Waals surface area contributed by atoms with Gasteiger partial charge in [0.05, 0.1) is 6.04 Å². The molecule has 1 aromatic rings. The zero-order valence-corrected chi connectivity index (χ0v) is 9.83. The minimum atomic E-state index is -0.228. The van der Waals surface area contributed by atoms with Crippen LogP contribution in [0, 0.1) is 0 Å². The number of fused-ring (bicyclic) bond motifs is 1. The molecule has 0 bridgehead atoms. The number of amides is 1. The average Bonchev–Trinajstić information content (AvgIpc) is 2.81. The summed E-state index contributed by atoms with van der Waals surface area (Å²) in [6.07, 6.45) is 0.720. The Bertz CT molecular complexity index is 440. The van der Waals surface area contributed by atoms with Crippen LogP contribution >= 0.6 is 12.2 Å². The minimum Gasteiger partial charge on any atom is -0.273 e. The van der Waals surface area contributed by atoms with Crippen LogP contribution in [0.5, 0.6) is 0 Å². The van der Waals surface area contributed by atoms with E-state index in [4.69, 9.17) is 12.2 Å². The number of nitrogens with zero attached hydrogens (tertiary/aromatic N) is 1. The van der Waals surface area contributed by atoms with Gasteiger partial charge in [0.25, 0.3) is 5.91 Å². The average molecular weight is 248 g/mol. The van der Waals surface area contributed by atoms with E-state index in [9.17, 15) is 4.79 Å². The monoisotopic (exact) mass is 248 g/mol. The number of hydrazine groups is 2. The molecule has 6 heteroatoms. The summed E-state index contributed by atoms with van der Waals surface area (Å²) in [5.74, 6) is -0.0514. The van der Waals surface area contributed by atoms with Gasteiger partial charge in [-0.1, -0.05) is 30.3 Å². The molecule has 2 fully saturated rings. The largest absolute Gasteiger partial charge is 0.273 e. The van der Waals surface area contributed by atoms with Crippen LogP contribution in [0.15, 0.2) is 30.3 Å². The SMILES string of the molecule is O=C1NNC(=S)N2NC(c3ccccc3)CC12. The van der Waals surface area contributed by atoms with Gasteiger partial charge < -0.3 is 0 Å². The van der Waals surface area contributed by atoms with E-state index in [1.54, 1.807) is 5.01 Å². The summed E-state index contributed by atoms with van der Waals surface area (Å²) in [6, 6.07) is 9.95. The Morgan fingerprint density at radius 1 is 1.24 bits per heavy atom. The second-order valence-corrected chi connectivity index (χ2v) is 4.52. The third-order valence-corrected chi connectivity index (χ3v) is 3.38. The molecule has 5 nitrogen and oxygen atoms in total. The maximum atomic E-state index is 11.7. The lowest BCUT2D eigenvalue weighted by Crippen LogP contribution is -2.63. The maximum Gasteiger partial charge on any atom is 0.262 e. The molecule has 0 aliphatic carbocycles. The topological polar surface area (TPSA) is 56.4 Å². The molecule has 2 unspecified atom stereocenters. The molecule has 0 saturated carbocycles. The highest BCUT2D eigenvalue weighted by Crippen LogP contribution is 2.28. The van der Waals surface area contributed by atoms with Crippen molar-refractivity contribution >= 4 is 23.2 Å². The molecule has 1 aromatic carbocycles. The fourth-order valence-electron chi connectivity index (χ4n) is 2.22. The van der Waals surface area contributed by atoms with Crippen LogP contribution < -0.4 is 16.3 Å². The van der Waals surface area contributed by atoms with Crippen molar-refractivity contribution in [2.24, 2.45) is 0 Å². The first-order valence-corrected chi connectivity index (χ1v) is 5.87. The number of thiocarbonyl (C=S) groups is 1. The smallest absolute Gasteiger partial charge is 0.262 e. The van der Waals surface area contributed by atoms with E-state index in [1.165, 1.54) is 0 Å². The Hall–Kier alpha value is -1.66. The Morgan fingerprint density at radius 3 is 2.71 bits per heavy atom. The van der Waals surface area contributed by atoms with Crippen LogP contribution in [-0.2, 0) is 4.79 Å². The summed E-state index contributed by atoms with van der Waals surface area (Å²) in [7, 11) is 0. The highest BCUT2D eigenvalue weighted by Gasteiger charge is 2.41. The van der Waals surface area contributed by atoms with Crippen molar-refractivity contribution in [2.75, 3.05) is 0 Å². The number of hydrogen-bond acceptors (Lipinski definition) is 3. The molecule has 0 radical (unpaired) electrons. The molecule has 0 spiro atoms. The van der Waals surface area contributed by atoms with E-state index >= 15 is 0 Å². The fraction of sp³-hybridized carbons (Fsp3) is 0.273. The van der Waals surface area contributed by atoms with Gasteiger partial charge in [0, 0.05) is 0 Å². The Morgan fingerprint density at radius 2 is 2.00 bits per heavy atom. The highest BCUT2D eigenvalue weighted by molar-refractivity contribution is 7.80. The lowest BCUT2D eigenvalue weighted by Gasteiger charge is -2.31. The first-order valence-electron chi connectivity index (χ1n) is 5.46. The van der Waals surface area contributed by atoms with Crippen molar-refractivity contribution in [3.05, 3.63) is 35.9 Å². The van der Waals surface area contributed by atoms with Crippen LogP contribution in [0.3, 0.4) is 0 Å². The number of hydrogen-bond donors (Lipinski definition) is 3. The van der Waals surface area contributed by atoms with Crippen molar-refractivity contribution in [3.8, 4) is 0 Å². The minimum absolute atomic E-state index is 0.0514. The van der Waals surface area contributed by atoms with Gasteiger partial charge in [0.15, 0.2) is 0 Å². The fourth-order valence-corrected chi connectivity index (χ4v) is 2.45. The molecule has 2 heterocycles. The first-order chi connectivity index (χ1) is 8.25. The second-order valence-electron chi connectivity index (χ2n) is 4.13. The standard InChI is InChI=1S/C11H12N4OS/c16-10-9-6-8(7-4-2-1-3-5-7)14-15(9)11(17)13-12-10/h1-5,8-9,14H,6H2,(H,12,16)(H,13,17). The van der Waals surface area contributed by atoms with E-state index in [0.717, 1.165) is 12.0 Å². The van der Waals surface area contributed by atoms with Crippen LogP contribution in [0.2, 0.25) is 0 Å². The van der Waals surface area contributed by atoms with Gasteiger partial charge in [-0.2, -0.15) is 0 Å². The zero-order valence-electron chi connectivity index (χ0n) is 9.01. The summed E-state index contributed by atoms with van der Waals surface area (Å²) in [4.78, 5) is 11.7. The Kier molecular flexibility index (Phi) is 2.45. The molecule has 2 atom stereocenters. The van der Waals surface area contributed by atoms with Gasteiger partial charge >= 0.3 is 0 Å². The third-order valence-electron chi connectivity index (χ3n) is 3.08. The van der Waals surface area contributed by atoms with E-state index in [-0.39, 0.29) is 18.0 Å². The van der Waals surface area contributed by atoms with E-state index in [0.29, 0.717) is 5.11 Å². The maximum absolute atomic E-state index is 11.7. The van der Waals surface area contributed by atoms with Gasteiger partial charge in [0.1, 0.15) is 6.04 Å². The van der Waals surface area contributed by atoms with Crippen molar-refractivity contribution in [1.29, 1.82) is 0 Å². The predicted molar refractivity (Wildman–Crippen MR) is 66.4 cm³/mol. The van der Waals surface area contributed by atoms with Crippen LogP contribution in [0.25, 0.3) is 0 Å². The molecule has 17 heavy (non-hydrogen) atoms. The molecular weight excluding hydrogens is 236 g/mol. The van der Waals surface area contributed by atoms with Crippen LogP contribution in [-0.4, -0.2) is 22.1 Å². The summed E-state index contributed by atoms with van der Waals surface area (Å²) >= 11 is 5.14. The first kappa shape index (κ1) is 10.5. The number of carbonyl (C=O) groups excluding carboxylic acids is 1. The number of benzene rings is 1. The normalized spacial score (nSPS) is 27.4. The molecule has 2 saturated heterocycles. The summed E-state index contributed by atoms with van der Waals surface area (Å²) in [6.45, 7) is 0. The molecule has 0 aromatic heterocycles. The Balaban J connectivity index is 1.84. The third kappa shape index (κ3) is 1.75. The van der Waals surface area contributed by atoms with Crippen molar-refractivity contribution < 1.29 is 4.79 Å². The van der Waals surface area contributed by atoms with Gasteiger partial charge in [-0.3, -0.25) is 20.7 Å². The van der Waals surface area contributed by atoms with Crippen LogP contribution in [0.1, 0.15) is 18.0 Å². The highest BCUT2D eigenvalue weighted by atomic mass is 32.1.